The van der Waals surface area contributed by atoms with Crippen molar-refractivity contribution >= 4 is 17.5 Å². The second kappa shape index (κ2) is 6.05. The number of aryl methyl sites for hydroxylation is 1. The Labute approximate surface area is 129 Å². The van der Waals surface area contributed by atoms with Crippen molar-refractivity contribution in [3.05, 3.63) is 30.2 Å². The summed E-state index contributed by atoms with van der Waals surface area (Å²) < 4.78 is 6.96. The largest absolute Gasteiger partial charge is 0.493 e. The second-order valence-corrected chi connectivity index (χ2v) is 5.93. The summed E-state index contributed by atoms with van der Waals surface area (Å²) in [5, 5.41) is 9.63. The van der Waals surface area contributed by atoms with Crippen LogP contribution in [-0.4, -0.2) is 27.9 Å². The lowest BCUT2D eigenvalue weighted by Crippen LogP contribution is -2.22. The molecule has 2 N–H and O–H groups in total. The van der Waals surface area contributed by atoms with Crippen molar-refractivity contribution in [2.24, 2.45) is 0 Å². The molecule has 7 heteroatoms. The zero-order chi connectivity index (χ0) is 16.3. The van der Waals surface area contributed by atoms with Gasteiger partial charge < -0.3 is 10.1 Å². The second-order valence-electron chi connectivity index (χ2n) is 5.93. The van der Waals surface area contributed by atoms with Crippen LogP contribution < -0.4 is 15.4 Å². The maximum Gasteiger partial charge on any atom is 0.325 e. The maximum absolute atomic E-state index is 12.1. The smallest absolute Gasteiger partial charge is 0.325 e. The van der Waals surface area contributed by atoms with Gasteiger partial charge in [0.1, 0.15) is 0 Å². The third-order valence-corrected chi connectivity index (χ3v) is 2.98. The molecule has 7 nitrogen and oxygen atoms in total. The van der Waals surface area contributed by atoms with Gasteiger partial charge in [0.2, 0.25) is 0 Å². The molecule has 0 saturated heterocycles. The van der Waals surface area contributed by atoms with Crippen molar-refractivity contribution in [1.82, 2.24) is 14.8 Å². The van der Waals surface area contributed by atoms with Crippen LogP contribution in [0.1, 0.15) is 26.5 Å². The Bertz CT molecular complexity index is 673. The van der Waals surface area contributed by atoms with Crippen molar-refractivity contribution in [3.8, 4) is 5.75 Å². The van der Waals surface area contributed by atoms with E-state index in [0.717, 1.165) is 5.69 Å². The zero-order valence-electron chi connectivity index (χ0n) is 13.5. The fourth-order valence-electron chi connectivity index (χ4n) is 1.82. The van der Waals surface area contributed by atoms with Gasteiger partial charge in [0.15, 0.2) is 11.6 Å². The zero-order valence-corrected chi connectivity index (χ0v) is 13.5. The van der Waals surface area contributed by atoms with E-state index < -0.39 is 6.03 Å². The van der Waals surface area contributed by atoms with E-state index in [9.17, 15) is 4.79 Å². The van der Waals surface area contributed by atoms with Gasteiger partial charge in [-0.2, -0.15) is 5.10 Å². The van der Waals surface area contributed by atoms with E-state index in [1.54, 1.807) is 23.1 Å². The SMILES string of the molecule is COc1ccc(C)nc1NC(=O)Nc1cnn(C(C)(C)C)c1. The highest BCUT2D eigenvalue weighted by Gasteiger charge is 2.15. The fraction of sp³-hybridized carbons (Fsp3) is 0.400. The van der Waals surface area contributed by atoms with E-state index in [1.807, 2.05) is 33.8 Å². The van der Waals surface area contributed by atoms with Gasteiger partial charge in [-0.3, -0.25) is 10.00 Å². The van der Waals surface area contributed by atoms with E-state index in [4.69, 9.17) is 4.74 Å². The summed E-state index contributed by atoms with van der Waals surface area (Å²) in [5.41, 5.74) is 1.26. The number of urea groups is 1. The van der Waals surface area contributed by atoms with Gasteiger partial charge in [-0.1, -0.05) is 0 Å². The quantitative estimate of drug-likeness (QED) is 0.913. The number of methoxy groups -OCH3 is 1. The number of carbonyl (C=O) groups is 1. The molecular weight excluding hydrogens is 282 g/mol. The van der Waals surface area contributed by atoms with Crippen molar-refractivity contribution in [2.75, 3.05) is 17.7 Å². The first-order valence-electron chi connectivity index (χ1n) is 6.94. The number of amides is 2. The Morgan fingerprint density at radius 3 is 2.59 bits per heavy atom. The number of pyridine rings is 1. The third kappa shape index (κ3) is 3.75. The molecular formula is C15H21N5O2. The van der Waals surface area contributed by atoms with Crippen LogP contribution in [0.25, 0.3) is 0 Å². The van der Waals surface area contributed by atoms with E-state index in [-0.39, 0.29) is 5.54 Å². The molecule has 0 aliphatic carbocycles. The van der Waals surface area contributed by atoms with Crippen molar-refractivity contribution in [1.29, 1.82) is 0 Å². The minimum Gasteiger partial charge on any atom is -0.493 e. The average Bonchev–Trinajstić information content (AvgIpc) is 2.87. The molecule has 2 aromatic heterocycles. The Morgan fingerprint density at radius 2 is 2.00 bits per heavy atom. The highest BCUT2D eigenvalue weighted by molar-refractivity contribution is 5.99. The molecule has 0 bridgehead atoms. The number of ether oxygens (including phenoxy) is 1. The summed E-state index contributed by atoms with van der Waals surface area (Å²) in [6.45, 7) is 7.94. The van der Waals surface area contributed by atoms with Crippen molar-refractivity contribution in [3.63, 3.8) is 0 Å². The summed E-state index contributed by atoms with van der Waals surface area (Å²) in [4.78, 5) is 16.3. The van der Waals surface area contributed by atoms with Gasteiger partial charge in [-0.05, 0) is 39.8 Å². The summed E-state index contributed by atoms with van der Waals surface area (Å²) in [5.74, 6) is 0.884. The summed E-state index contributed by atoms with van der Waals surface area (Å²) in [7, 11) is 1.53. The lowest BCUT2D eigenvalue weighted by Gasteiger charge is -2.18. The molecule has 0 radical (unpaired) electrons. The predicted octanol–water partition coefficient (Wildman–Crippen LogP) is 2.99. The first-order chi connectivity index (χ1) is 10.3. The number of aromatic nitrogens is 3. The third-order valence-electron chi connectivity index (χ3n) is 2.98. The highest BCUT2D eigenvalue weighted by atomic mass is 16.5. The van der Waals surface area contributed by atoms with E-state index >= 15 is 0 Å². The molecule has 2 aromatic rings. The van der Waals surface area contributed by atoms with Gasteiger partial charge in [-0.25, -0.2) is 9.78 Å². The topological polar surface area (TPSA) is 81.1 Å². The van der Waals surface area contributed by atoms with Gasteiger partial charge in [0, 0.05) is 11.9 Å². The van der Waals surface area contributed by atoms with Gasteiger partial charge >= 0.3 is 6.03 Å². The van der Waals surface area contributed by atoms with Crippen LogP contribution in [0, 0.1) is 6.92 Å². The standard InChI is InChI=1S/C15H21N5O2/c1-10-6-7-12(22-5)13(17-10)19-14(21)18-11-8-16-20(9-11)15(2,3)4/h6-9H,1-5H3,(H2,17,18,19,21). The molecule has 2 amide bonds. The first kappa shape index (κ1) is 15.8. The van der Waals surface area contributed by atoms with E-state index in [1.165, 1.54) is 7.11 Å². The molecule has 0 aromatic carbocycles. The molecule has 118 valence electrons. The number of nitrogens with one attached hydrogen (secondary N) is 2. The molecule has 2 rings (SSSR count). The van der Waals surface area contributed by atoms with Crippen molar-refractivity contribution < 1.29 is 9.53 Å². The van der Waals surface area contributed by atoms with Gasteiger partial charge in [0.05, 0.1) is 24.5 Å². The van der Waals surface area contributed by atoms with Crippen LogP contribution in [0.2, 0.25) is 0 Å². The predicted molar refractivity (Wildman–Crippen MR) is 85.4 cm³/mol. The Morgan fingerprint density at radius 1 is 1.27 bits per heavy atom. The number of rotatable bonds is 3. The van der Waals surface area contributed by atoms with E-state index in [2.05, 4.69) is 20.7 Å². The molecule has 0 aliphatic heterocycles. The summed E-state index contributed by atoms with van der Waals surface area (Å²) >= 11 is 0. The highest BCUT2D eigenvalue weighted by Crippen LogP contribution is 2.22. The monoisotopic (exact) mass is 303 g/mol. The number of carbonyl (C=O) groups excluding carboxylic acids is 1. The Kier molecular flexibility index (Phi) is 4.35. The molecule has 0 spiro atoms. The van der Waals surface area contributed by atoms with Crippen molar-refractivity contribution in [2.45, 2.75) is 33.2 Å². The fourth-order valence-corrected chi connectivity index (χ4v) is 1.82. The van der Waals surface area contributed by atoms with Gasteiger partial charge in [-0.15, -0.1) is 0 Å². The maximum atomic E-state index is 12.1. The van der Waals surface area contributed by atoms with E-state index in [0.29, 0.717) is 17.3 Å². The van der Waals surface area contributed by atoms with Crippen LogP contribution in [0.15, 0.2) is 24.5 Å². The van der Waals surface area contributed by atoms with Gasteiger partial charge in [0.25, 0.3) is 0 Å². The number of nitrogens with zero attached hydrogens (tertiary/aromatic N) is 3. The lowest BCUT2D eigenvalue weighted by atomic mass is 10.1. The molecule has 0 aliphatic rings. The van der Waals surface area contributed by atoms with Crippen LogP contribution in [0.4, 0.5) is 16.3 Å². The number of hydrogen-bond donors (Lipinski definition) is 2. The Hall–Kier alpha value is -2.57. The summed E-state index contributed by atoms with van der Waals surface area (Å²) in [6.07, 6.45) is 3.38. The minimum atomic E-state index is -0.398. The molecule has 22 heavy (non-hydrogen) atoms. The molecule has 2 heterocycles. The Balaban J connectivity index is 2.07. The number of anilines is 2. The van der Waals surface area contributed by atoms with Crippen LogP contribution >= 0.6 is 0 Å². The first-order valence-corrected chi connectivity index (χ1v) is 6.94. The molecule has 0 unspecified atom stereocenters. The molecule has 0 fully saturated rings. The van der Waals surface area contributed by atoms with Crippen LogP contribution in [0.3, 0.4) is 0 Å². The molecule has 0 atom stereocenters. The molecule has 0 saturated carbocycles. The van der Waals surface area contributed by atoms with Crippen LogP contribution in [0.5, 0.6) is 5.75 Å². The van der Waals surface area contributed by atoms with Crippen LogP contribution in [-0.2, 0) is 5.54 Å². The summed E-state index contributed by atoms with van der Waals surface area (Å²) in [6, 6.07) is 3.18. The normalized spacial score (nSPS) is 11.1. The number of hydrogen-bond acceptors (Lipinski definition) is 4. The average molecular weight is 303 g/mol. The minimum absolute atomic E-state index is 0.141. The lowest BCUT2D eigenvalue weighted by molar-refractivity contribution is 0.262.